The Bertz CT molecular complexity index is 1050. The third kappa shape index (κ3) is 6.37. The summed E-state index contributed by atoms with van der Waals surface area (Å²) in [7, 11) is -3.34. The summed E-state index contributed by atoms with van der Waals surface area (Å²) in [5, 5.41) is 0.304. The highest BCUT2D eigenvalue weighted by atomic mass is 35.5. The van der Waals surface area contributed by atoms with Gasteiger partial charge in [-0.2, -0.15) is 26.3 Å². The topological polar surface area (TPSA) is 34.1 Å². The maximum Gasteiger partial charge on any atom is 0.416 e. The number of hydrogen-bond acceptors (Lipinski definition) is 2. The molecular weight excluding hydrogens is 454 g/mol. The van der Waals surface area contributed by atoms with Gasteiger partial charge in [0.1, 0.15) is 0 Å². The largest absolute Gasteiger partial charge is 0.416 e. The molecule has 0 N–H and O–H groups in total. The van der Waals surface area contributed by atoms with E-state index in [0.717, 1.165) is 24.5 Å². The summed E-state index contributed by atoms with van der Waals surface area (Å²) in [6.07, 6.45) is -4.77. The fourth-order valence-corrected chi connectivity index (χ4v) is 3.33. The molecule has 2 aromatic carbocycles. The van der Waals surface area contributed by atoms with Crippen LogP contribution in [0, 0.1) is 0 Å². The molecule has 0 aromatic heterocycles. The molecule has 0 atom stereocenters. The first-order valence-electron chi connectivity index (χ1n) is 8.31. The number of allylic oxidation sites excluding steroid dienone is 4. The predicted molar refractivity (Wildman–Crippen MR) is 103 cm³/mol. The smallest absolute Gasteiger partial charge is 0.224 e. The van der Waals surface area contributed by atoms with Gasteiger partial charge in [-0.15, -0.1) is 0 Å². The zero-order valence-corrected chi connectivity index (χ0v) is 16.9. The van der Waals surface area contributed by atoms with Crippen LogP contribution in [0.3, 0.4) is 0 Å². The zero-order valence-electron chi connectivity index (χ0n) is 15.4. The van der Waals surface area contributed by atoms with Gasteiger partial charge in [0.2, 0.25) is 0 Å². The molecule has 1 aliphatic rings. The third-order valence-electron chi connectivity index (χ3n) is 4.00. The van der Waals surface area contributed by atoms with Gasteiger partial charge in [-0.25, -0.2) is 8.42 Å². The Kier molecular flexibility index (Phi) is 7.08. The van der Waals surface area contributed by atoms with Gasteiger partial charge in [-0.3, -0.25) is 0 Å². The second-order valence-corrected chi connectivity index (χ2v) is 8.72. The number of halogens is 7. The van der Waals surface area contributed by atoms with Crippen molar-refractivity contribution >= 4 is 27.0 Å². The van der Waals surface area contributed by atoms with E-state index in [1.165, 1.54) is 42.5 Å². The van der Waals surface area contributed by atoms with Gasteiger partial charge in [-0.1, -0.05) is 35.9 Å². The Hall–Kier alpha value is -2.26. The summed E-state index contributed by atoms with van der Waals surface area (Å²) in [6, 6.07) is 9.75. The monoisotopic (exact) mass is 468 g/mol. The van der Waals surface area contributed by atoms with Crippen molar-refractivity contribution < 1.29 is 34.8 Å². The van der Waals surface area contributed by atoms with Gasteiger partial charge < -0.3 is 0 Å². The molecule has 0 fully saturated rings. The van der Waals surface area contributed by atoms with E-state index in [9.17, 15) is 34.8 Å². The molecule has 2 nitrogen and oxygen atoms in total. The molecule has 1 aliphatic carbocycles. The van der Waals surface area contributed by atoms with Crippen LogP contribution in [0.2, 0.25) is 5.02 Å². The van der Waals surface area contributed by atoms with Crippen molar-refractivity contribution in [2.45, 2.75) is 23.7 Å². The summed E-state index contributed by atoms with van der Waals surface area (Å²) < 4.78 is 96.5. The van der Waals surface area contributed by atoms with Gasteiger partial charge in [0.15, 0.2) is 9.84 Å². The minimum Gasteiger partial charge on any atom is -0.224 e. The first-order chi connectivity index (χ1) is 13.7. The summed E-state index contributed by atoms with van der Waals surface area (Å²) in [4.78, 5) is 0.0902. The molecule has 0 heterocycles. The van der Waals surface area contributed by atoms with E-state index >= 15 is 0 Å². The lowest BCUT2D eigenvalue weighted by molar-refractivity contribution is -0.137. The number of hydrogen-bond donors (Lipinski definition) is 0. The maximum atomic E-state index is 12.8. The summed E-state index contributed by atoms with van der Waals surface area (Å²) in [5.74, 6) is 0. The lowest BCUT2D eigenvalue weighted by Crippen LogP contribution is -2.12. The van der Waals surface area contributed by atoms with Gasteiger partial charge in [0.25, 0.3) is 0 Å². The Labute approximate surface area is 174 Å². The maximum absolute atomic E-state index is 12.8. The lowest BCUT2D eigenvalue weighted by Gasteiger charge is -2.12. The van der Waals surface area contributed by atoms with Crippen molar-refractivity contribution in [1.29, 1.82) is 0 Å². The number of rotatable bonds is 2. The SMILES string of the molecule is CS(=O)(=O)c1ccc(C2=CCC=C2C(F)(F)F)cc1.FC(F)(F)c1ccc(Cl)cc1. The van der Waals surface area contributed by atoms with Gasteiger partial charge in [0, 0.05) is 11.3 Å². The highest BCUT2D eigenvalue weighted by molar-refractivity contribution is 7.90. The van der Waals surface area contributed by atoms with E-state index in [0.29, 0.717) is 10.6 Å². The van der Waals surface area contributed by atoms with Crippen LogP contribution < -0.4 is 0 Å². The van der Waals surface area contributed by atoms with Crippen molar-refractivity contribution in [3.8, 4) is 0 Å². The molecule has 0 radical (unpaired) electrons. The first-order valence-corrected chi connectivity index (χ1v) is 10.6. The van der Waals surface area contributed by atoms with E-state index < -0.39 is 33.3 Å². The van der Waals surface area contributed by atoms with E-state index in [4.69, 9.17) is 11.6 Å². The summed E-state index contributed by atoms with van der Waals surface area (Å²) in [5.41, 5.74) is -0.873. The Morgan fingerprint density at radius 2 is 1.33 bits per heavy atom. The van der Waals surface area contributed by atoms with Crippen LogP contribution in [-0.2, 0) is 16.0 Å². The van der Waals surface area contributed by atoms with Crippen LogP contribution in [0.5, 0.6) is 0 Å². The molecule has 0 saturated carbocycles. The Morgan fingerprint density at radius 3 is 1.77 bits per heavy atom. The molecular formula is C20H15ClF6O2S. The Balaban J connectivity index is 0.000000248. The highest BCUT2D eigenvalue weighted by Crippen LogP contribution is 2.40. The molecule has 0 aliphatic heterocycles. The molecule has 0 bridgehead atoms. The molecule has 0 unspecified atom stereocenters. The fraction of sp³-hybridized carbons (Fsp3) is 0.200. The summed E-state index contributed by atoms with van der Waals surface area (Å²) >= 11 is 5.39. The van der Waals surface area contributed by atoms with Crippen LogP contribution in [0.15, 0.2) is 71.2 Å². The van der Waals surface area contributed by atoms with E-state index in [2.05, 4.69) is 0 Å². The average molecular weight is 469 g/mol. The normalized spacial score (nSPS) is 14.5. The quantitative estimate of drug-likeness (QED) is 0.458. The molecule has 162 valence electrons. The first kappa shape index (κ1) is 24.0. The third-order valence-corrected chi connectivity index (χ3v) is 5.38. The van der Waals surface area contributed by atoms with E-state index in [1.54, 1.807) is 0 Å². The van der Waals surface area contributed by atoms with Crippen molar-refractivity contribution in [2.75, 3.05) is 6.26 Å². The second-order valence-electron chi connectivity index (χ2n) is 6.27. The molecule has 0 saturated heterocycles. The van der Waals surface area contributed by atoms with Crippen LogP contribution in [-0.4, -0.2) is 20.8 Å². The van der Waals surface area contributed by atoms with Crippen molar-refractivity contribution in [3.63, 3.8) is 0 Å². The van der Waals surface area contributed by atoms with Crippen LogP contribution >= 0.6 is 11.6 Å². The van der Waals surface area contributed by atoms with Crippen LogP contribution in [0.4, 0.5) is 26.3 Å². The average Bonchev–Trinajstić information content (AvgIpc) is 3.11. The van der Waals surface area contributed by atoms with Gasteiger partial charge in [-0.05, 0) is 54.0 Å². The lowest BCUT2D eigenvalue weighted by atomic mass is 10.0. The minimum atomic E-state index is -4.39. The standard InChI is InChI=1S/C13H11F3O2S.C7H4ClF3/c1-19(17,18)10-7-5-9(6-8-10)11-3-2-4-12(11)13(14,15)16;8-6-3-1-5(2-4-6)7(9,10)11/h3-8H,2H2,1H3;1-4H. The zero-order chi connectivity index (χ0) is 22.7. The molecule has 0 spiro atoms. The second kappa shape index (κ2) is 8.85. The fourth-order valence-electron chi connectivity index (χ4n) is 2.58. The molecule has 30 heavy (non-hydrogen) atoms. The molecule has 10 heteroatoms. The van der Waals surface area contributed by atoms with Crippen molar-refractivity contribution in [1.82, 2.24) is 0 Å². The van der Waals surface area contributed by atoms with Gasteiger partial charge >= 0.3 is 12.4 Å². The van der Waals surface area contributed by atoms with Crippen molar-refractivity contribution in [3.05, 3.63) is 82.4 Å². The molecule has 2 aromatic rings. The van der Waals surface area contributed by atoms with Crippen LogP contribution in [0.25, 0.3) is 5.57 Å². The van der Waals surface area contributed by atoms with E-state index in [1.807, 2.05) is 0 Å². The van der Waals surface area contributed by atoms with Crippen molar-refractivity contribution in [2.24, 2.45) is 0 Å². The Morgan fingerprint density at radius 1 is 0.800 bits per heavy atom. The number of benzene rings is 2. The van der Waals surface area contributed by atoms with Gasteiger partial charge in [0.05, 0.1) is 16.0 Å². The molecule has 3 rings (SSSR count). The molecule has 0 amide bonds. The predicted octanol–water partition coefficient (Wildman–Crippen LogP) is 6.72. The van der Waals surface area contributed by atoms with E-state index in [-0.39, 0.29) is 16.9 Å². The minimum absolute atomic E-state index is 0.0902. The summed E-state index contributed by atoms with van der Waals surface area (Å²) in [6.45, 7) is 0. The highest BCUT2D eigenvalue weighted by Gasteiger charge is 2.37. The number of alkyl halides is 6. The van der Waals surface area contributed by atoms with Crippen LogP contribution in [0.1, 0.15) is 17.5 Å². The number of sulfone groups is 1.